The van der Waals surface area contributed by atoms with Crippen LogP contribution in [0.2, 0.25) is 5.02 Å². The van der Waals surface area contributed by atoms with Gasteiger partial charge < -0.3 is 5.32 Å². The molecule has 1 amide bonds. The van der Waals surface area contributed by atoms with Gasteiger partial charge in [-0.15, -0.1) is 0 Å². The summed E-state index contributed by atoms with van der Waals surface area (Å²) in [7, 11) is -4.05. The maximum atomic E-state index is 13.3. The number of nitrogens with one attached hydrogen (secondary N) is 1. The van der Waals surface area contributed by atoms with E-state index in [4.69, 9.17) is 11.6 Å². The number of halogens is 2. The van der Waals surface area contributed by atoms with E-state index in [2.05, 4.69) is 5.32 Å². The monoisotopic (exact) mass is 444 g/mol. The second-order valence-electron chi connectivity index (χ2n) is 6.96. The summed E-state index contributed by atoms with van der Waals surface area (Å²) in [6.45, 7) is 0.0382. The predicted octanol–water partition coefficient (Wildman–Crippen LogP) is 4.23. The van der Waals surface area contributed by atoms with E-state index in [0.29, 0.717) is 10.7 Å². The molecule has 1 heterocycles. The van der Waals surface area contributed by atoms with Crippen molar-refractivity contribution in [3.63, 3.8) is 0 Å². The fraction of sp³-hybridized carbons (Fsp3) is 0.136. The van der Waals surface area contributed by atoms with Crippen LogP contribution in [0.25, 0.3) is 0 Å². The molecular formula is C22H18ClFN2O3S. The molecule has 3 aromatic carbocycles. The highest BCUT2D eigenvalue weighted by molar-refractivity contribution is 7.89. The summed E-state index contributed by atoms with van der Waals surface area (Å²) in [5.74, 6) is -1.02. The molecule has 1 N–H and O–H groups in total. The third-order valence-electron chi connectivity index (χ3n) is 5.06. The first-order valence-electron chi connectivity index (χ1n) is 9.26. The van der Waals surface area contributed by atoms with Gasteiger partial charge in [-0.1, -0.05) is 48.0 Å². The standard InChI is InChI=1S/C22H18ClFN2O3S/c23-19-7-3-4-8-20(19)25-22(27)21-13-15-5-1-2-6-16(15)14-26(21)30(28,29)18-11-9-17(24)10-12-18/h1-12,21H,13-14H2,(H,25,27)/t21-/m1/s1. The second kappa shape index (κ2) is 8.18. The van der Waals surface area contributed by atoms with Crippen molar-refractivity contribution in [2.45, 2.75) is 23.9 Å². The number of anilines is 1. The highest BCUT2D eigenvalue weighted by Crippen LogP contribution is 2.30. The van der Waals surface area contributed by atoms with E-state index in [1.165, 1.54) is 12.1 Å². The maximum absolute atomic E-state index is 13.3. The number of nitrogens with zero attached hydrogens (tertiary/aromatic N) is 1. The van der Waals surface area contributed by atoms with Gasteiger partial charge in [0, 0.05) is 6.54 Å². The Bertz CT molecular complexity index is 1200. The Labute approximate surface area is 179 Å². The topological polar surface area (TPSA) is 66.5 Å². The number of hydrogen-bond acceptors (Lipinski definition) is 3. The van der Waals surface area contributed by atoms with E-state index in [-0.39, 0.29) is 17.9 Å². The summed E-state index contributed by atoms with van der Waals surface area (Å²) in [6, 6.07) is 17.7. The second-order valence-corrected chi connectivity index (χ2v) is 9.26. The van der Waals surface area contributed by atoms with Gasteiger partial charge >= 0.3 is 0 Å². The van der Waals surface area contributed by atoms with Crippen molar-refractivity contribution in [3.8, 4) is 0 Å². The Hall–Kier alpha value is -2.74. The fourth-order valence-electron chi connectivity index (χ4n) is 3.50. The number of sulfonamides is 1. The van der Waals surface area contributed by atoms with Gasteiger partial charge in [-0.2, -0.15) is 4.31 Å². The largest absolute Gasteiger partial charge is 0.323 e. The minimum absolute atomic E-state index is 0.0382. The third kappa shape index (κ3) is 3.96. The van der Waals surface area contributed by atoms with Crippen LogP contribution in [0.4, 0.5) is 10.1 Å². The van der Waals surface area contributed by atoms with Gasteiger partial charge in [0.05, 0.1) is 15.6 Å². The van der Waals surface area contributed by atoms with Crippen molar-refractivity contribution in [2.24, 2.45) is 0 Å². The number of fused-ring (bicyclic) bond motifs is 1. The van der Waals surface area contributed by atoms with Gasteiger partial charge in [0.2, 0.25) is 15.9 Å². The first-order chi connectivity index (χ1) is 14.4. The lowest BCUT2D eigenvalue weighted by Gasteiger charge is -2.35. The van der Waals surface area contributed by atoms with Crippen molar-refractivity contribution < 1.29 is 17.6 Å². The lowest BCUT2D eigenvalue weighted by Crippen LogP contribution is -2.50. The number of carbonyl (C=O) groups is 1. The van der Waals surface area contributed by atoms with Gasteiger partial charge in [-0.05, 0) is 53.9 Å². The van der Waals surface area contributed by atoms with Crippen LogP contribution in [0.5, 0.6) is 0 Å². The van der Waals surface area contributed by atoms with Crippen LogP contribution in [-0.4, -0.2) is 24.7 Å². The molecule has 0 spiro atoms. The molecule has 30 heavy (non-hydrogen) atoms. The molecule has 0 saturated heterocycles. The molecule has 3 aromatic rings. The number of carbonyl (C=O) groups excluding carboxylic acids is 1. The molecule has 0 saturated carbocycles. The molecule has 0 radical (unpaired) electrons. The lowest BCUT2D eigenvalue weighted by molar-refractivity contribution is -0.120. The Balaban J connectivity index is 1.73. The van der Waals surface area contributed by atoms with Crippen molar-refractivity contribution >= 4 is 33.2 Å². The van der Waals surface area contributed by atoms with Crippen LogP contribution in [-0.2, 0) is 27.8 Å². The molecule has 5 nitrogen and oxygen atoms in total. The summed E-state index contributed by atoms with van der Waals surface area (Å²) in [4.78, 5) is 13.1. The van der Waals surface area contributed by atoms with Crippen molar-refractivity contribution in [3.05, 3.63) is 94.8 Å². The highest BCUT2D eigenvalue weighted by atomic mass is 35.5. The molecule has 1 aliphatic rings. The summed E-state index contributed by atoms with van der Waals surface area (Å²) in [5.41, 5.74) is 2.13. The molecule has 8 heteroatoms. The first kappa shape index (κ1) is 20.5. The molecule has 0 fully saturated rings. The minimum atomic E-state index is -4.05. The van der Waals surface area contributed by atoms with Gasteiger partial charge in [-0.3, -0.25) is 4.79 Å². The molecule has 0 unspecified atom stereocenters. The summed E-state index contributed by atoms with van der Waals surface area (Å²) in [6.07, 6.45) is 0.215. The van der Waals surface area contributed by atoms with E-state index >= 15 is 0 Å². The van der Waals surface area contributed by atoms with Crippen LogP contribution in [0.15, 0.2) is 77.7 Å². The van der Waals surface area contributed by atoms with E-state index in [1.54, 1.807) is 24.3 Å². The SMILES string of the molecule is O=C(Nc1ccccc1Cl)[C@H]1Cc2ccccc2CN1S(=O)(=O)c1ccc(F)cc1. The zero-order valence-electron chi connectivity index (χ0n) is 15.8. The molecule has 0 aliphatic carbocycles. The average molecular weight is 445 g/mol. The van der Waals surface area contributed by atoms with E-state index in [9.17, 15) is 17.6 Å². The van der Waals surface area contributed by atoms with E-state index in [1.807, 2.05) is 24.3 Å². The Morgan fingerprint density at radius 2 is 1.60 bits per heavy atom. The number of para-hydroxylation sites is 1. The van der Waals surface area contributed by atoms with Crippen LogP contribution < -0.4 is 5.32 Å². The third-order valence-corrected chi connectivity index (χ3v) is 7.26. The van der Waals surface area contributed by atoms with Gasteiger partial charge in [0.1, 0.15) is 11.9 Å². The normalized spacial score (nSPS) is 16.7. The highest BCUT2D eigenvalue weighted by Gasteiger charge is 2.39. The zero-order chi connectivity index (χ0) is 21.3. The van der Waals surface area contributed by atoms with E-state index in [0.717, 1.165) is 27.6 Å². The smallest absolute Gasteiger partial charge is 0.244 e. The summed E-state index contributed by atoms with van der Waals surface area (Å²) in [5, 5.41) is 3.09. The molecule has 1 aliphatic heterocycles. The summed E-state index contributed by atoms with van der Waals surface area (Å²) < 4.78 is 41.2. The van der Waals surface area contributed by atoms with E-state index < -0.39 is 27.8 Å². The molecular weight excluding hydrogens is 427 g/mol. The fourth-order valence-corrected chi connectivity index (χ4v) is 5.24. The lowest BCUT2D eigenvalue weighted by atomic mass is 9.95. The van der Waals surface area contributed by atoms with Gasteiger partial charge in [0.15, 0.2) is 0 Å². The van der Waals surface area contributed by atoms with Crippen molar-refractivity contribution in [1.82, 2.24) is 4.31 Å². The van der Waals surface area contributed by atoms with Crippen molar-refractivity contribution in [1.29, 1.82) is 0 Å². The van der Waals surface area contributed by atoms with Gasteiger partial charge in [0.25, 0.3) is 0 Å². The number of hydrogen-bond donors (Lipinski definition) is 1. The van der Waals surface area contributed by atoms with Gasteiger partial charge in [-0.25, -0.2) is 12.8 Å². The Morgan fingerprint density at radius 1 is 0.967 bits per heavy atom. The van der Waals surface area contributed by atoms with Crippen LogP contribution in [0.1, 0.15) is 11.1 Å². The zero-order valence-corrected chi connectivity index (χ0v) is 17.3. The molecule has 0 bridgehead atoms. The quantitative estimate of drug-likeness (QED) is 0.654. The molecule has 4 rings (SSSR count). The van der Waals surface area contributed by atoms with Crippen LogP contribution in [0, 0.1) is 5.82 Å². The van der Waals surface area contributed by atoms with Crippen LogP contribution >= 0.6 is 11.6 Å². The molecule has 1 atom stereocenters. The molecule has 0 aromatic heterocycles. The molecule has 154 valence electrons. The average Bonchev–Trinajstić information content (AvgIpc) is 2.74. The van der Waals surface area contributed by atoms with Crippen LogP contribution in [0.3, 0.4) is 0 Å². The van der Waals surface area contributed by atoms with Crippen molar-refractivity contribution in [2.75, 3.05) is 5.32 Å². The number of amides is 1. The summed E-state index contributed by atoms with van der Waals surface area (Å²) >= 11 is 6.14. The maximum Gasteiger partial charge on any atom is 0.244 e. The number of benzene rings is 3. The Morgan fingerprint density at radius 3 is 2.30 bits per heavy atom. The predicted molar refractivity (Wildman–Crippen MR) is 113 cm³/mol. The Kier molecular flexibility index (Phi) is 5.60. The first-order valence-corrected chi connectivity index (χ1v) is 11.1. The minimum Gasteiger partial charge on any atom is -0.323 e. The number of rotatable bonds is 4.